The summed E-state index contributed by atoms with van der Waals surface area (Å²) in [6, 6.07) is 0.643. The van der Waals surface area contributed by atoms with Crippen LogP contribution in [0, 0.1) is 5.92 Å². The summed E-state index contributed by atoms with van der Waals surface area (Å²) < 4.78 is 5.35. The van der Waals surface area contributed by atoms with Crippen LogP contribution in [-0.4, -0.2) is 44.3 Å². The van der Waals surface area contributed by atoms with Crippen LogP contribution in [0.1, 0.15) is 19.8 Å². The van der Waals surface area contributed by atoms with Gasteiger partial charge in [-0.2, -0.15) is 0 Å². The van der Waals surface area contributed by atoms with Gasteiger partial charge in [-0.05, 0) is 38.9 Å². The zero-order valence-electron chi connectivity index (χ0n) is 8.83. The molecule has 1 heterocycles. The lowest BCUT2D eigenvalue weighted by Gasteiger charge is -2.23. The van der Waals surface area contributed by atoms with Crippen LogP contribution >= 0.6 is 0 Å². The van der Waals surface area contributed by atoms with Gasteiger partial charge in [-0.3, -0.25) is 0 Å². The number of ether oxygens (including phenoxy) is 1. The van der Waals surface area contributed by atoms with Gasteiger partial charge < -0.3 is 15.4 Å². The Morgan fingerprint density at radius 3 is 2.92 bits per heavy atom. The summed E-state index contributed by atoms with van der Waals surface area (Å²) in [6.07, 6.45) is 2.39. The van der Waals surface area contributed by atoms with Crippen LogP contribution < -0.4 is 5.73 Å². The van der Waals surface area contributed by atoms with Crippen molar-refractivity contribution in [3.63, 3.8) is 0 Å². The maximum atomic E-state index is 5.57. The molecule has 3 heteroatoms. The van der Waals surface area contributed by atoms with Gasteiger partial charge in [-0.15, -0.1) is 0 Å². The molecular formula is C10H22N2O. The second-order valence-electron chi connectivity index (χ2n) is 4.13. The summed E-state index contributed by atoms with van der Waals surface area (Å²) in [4.78, 5) is 2.40. The van der Waals surface area contributed by atoms with E-state index >= 15 is 0 Å². The summed E-state index contributed by atoms with van der Waals surface area (Å²) >= 11 is 0. The molecule has 2 N–H and O–H groups in total. The second-order valence-corrected chi connectivity index (χ2v) is 4.13. The molecule has 78 valence electrons. The van der Waals surface area contributed by atoms with Crippen LogP contribution in [0.25, 0.3) is 0 Å². The summed E-state index contributed by atoms with van der Waals surface area (Å²) in [5, 5.41) is 0. The lowest BCUT2D eigenvalue weighted by Crippen LogP contribution is -2.33. The number of hydrogen-bond donors (Lipinski definition) is 1. The quantitative estimate of drug-likeness (QED) is 0.686. The molecule has 0 aliphatic carbocycles. The van der Waals surface area contributed by atoms with E-state index in [2.05, 4.69) is 18.9 Å². The average molecular weight is 186 g/mol. The molecular weight excluding hydrogens is 164 g/mol. The van der Waals surface area contributed by atoms with E-state index in [0.29, 0.717) is 12.0 Å². The van der Waals surface area contributed by atoms with E-state index in [1.54, 1.807) is 0 Å². The molecule has 1 rings (SSSR count). The average Bonchev–Trinajstić information content (AvgIpc) is 2.66. The molecule has 2 atom stereocenters. The van der Waals surface area contributed by atoms with E-state index in [-0.39, 0.29) is 0 Å². The van der Waals surface area contributed by atoms with Crippen LogP contribution in [-0.2, 0) is 4.74 Å². The van der Waals surface area contributed by atoms with Crippen molar-refractivity contribution in [3.8, 4) is 0 Å². The van der Waals surface area contributed by atoms with Crippen LogP contribution in [0.5, 0.6) is 0 Å². The summed E-state index contributed by atoms with van der Waals surface area (Å²) in [5.41, 5.74) is 5.57. The second kappa shape index (κ2) is 5.58. The topological polar surface area (TPSA) is 38.5 Å². The van der Waals surface area contributed by atoms with Crippen LogP contribution in [0.4, 0.5) is 0 Å². The number of likely N-dealkylation sites (N-methyl/N-ethyl adjacent to an activating group) is 1. The molecule has 13 heavy (non-hydrogen) atoms. The van der Waals surface area contributed by atoms with E-state index in [4.69, 9.17) is 10.5 Å². The lowest BCUT2D eigenvalue weighted by atomic mass is 10.1. The number of rotatable bonds is 5. The van der Waals surface area contributed by atoms with Crippen molar-refractivity contribution >= 4 is 0 Å². The first kappa shape index (κ1) is 11.0. The van der Waals surface area contributed by atoms with Crippen molar-refractivity contribution < 1.29 is 4.74 Å². The van der Waals surface area contributed by atoms with Gasteiger partial charge in [-0.1, -0.05) is 6.92 Å². The first-order valence-electron chi connectivity index (χ1n) is 5.22. The maximum Gasteiger partial charge on any atom is 0.0622 e. The highest BCUT2D eigenvalue weighted by Gasteiger charge is 2.19. The number of hydrogen-bond acceptors (Lipinski definition) is 3. The highest BCUT2D eigenvalue weighted by atomic mass is 16.5. The molecule has 1 fully saturated rings. The third kappa shape index (κ3) is 3.63. The van der Waals surface area contributed by atoms with Crippen molar-refractivity contribution in [2.75, 3.05) is 33.4 Å². The van der Waals surface area contributed by atoms with E-state index in [9.17, 15) is 0 Å². The van der Waals surface area contributed by atoms with E-state index in [1.807, 2.05) is 0 Å². The molecule has 1 saturated heterocycles. The van der Waals surface area contributed by atoms with Gasteiger partial charge in [0, 0.05) is 12.6 Å². The predicted octanol–water partition coefficient (Wildman–Crippen LogP) is 0.692. The van der Waals surface area contributed by atoms with Crippen molar-refractivity contribution in [1.82, 2.24) is 4.90 Å². The molecule has 0 aromatic heterocycles. The molecule has 1 aliphatic rings. The van der Waals surface area contributed by atoms with Crippen LogP contribution in [0.2, 0.25) is 0 Å². The summed E-state index contributed by atoms with van der Waals surface area (Å²) in [6.45, 7) is 6.00. The zero-order valence-corrected chi connectivity index (χ0v) is 8.83. The van der Waals surface area contributed by atoms with E-state index in [0.717, 1.165) is 26.3 Å². The third-order valence-corrected chi connectivity index (χ3v) is 2.91. The Balaban J connectivity index is 2.12. The van der Waals surface area contributed by atoms with Crippen LogP contribution in [0.3, 0.4) is 0 Å². The molecule has 0 spiro atoms. The lowest BCUT2D eigenvalue weighted by molar-refractivity contribution is 0.156. The van der Waals surface area contributed by atoms with Crippen molar-refractivity contribution in [2.45, 2.75) is 25.8 Å². The highest BCUT2D eigenvalue weighted by Crippen LogP contribution is 2.11. The molecule has 2 unspecified atom stereocenters. The third-order valence-electron chi connectivity index (χ3n) is 2.91. The Kier molecular flexibility index (Phi) is 4.70. The van der Waals surface area contributed by atoms with Gasteiger partial charge in [-0.25, -0.2) is 0 Å². The van der Waals surface area contributed by atoms with Gasteiger partial charge in [0.2, 0.25) is 0 Å². The Labute approximate surface area is 81.2 Å². The Bertz CT molecular complexity index is 135. The van der Waals surface area contributed by atoms with E-state index < -0.39 is 0 Å². The normalized spacial score (nSPS) is 25.4. The molecule has 0 bridgehead atoms. The molecule has 0 saturated carbocycles. The maximum absolute atomic E-state index is 5.57. The standard InChI is InChI=1S/C10H22N2O/c1-9(7-11)3-5-12(2)10-4-6-13-8-10/h9-10H,3-8,11H2,1-2H3. The van der Waals surface area contributed by atoms with E-state index in [1.165, 1.54) is 12.8 Å². The largest absolute Gasteiger partial charge is 0.380 e. The van der Waals surface area contributed by atoms with Crippen molar-refractivity contribution in [2.24, 2.45) is 11.7 Å². The Morgan fingerprint density at radius 2 is 2.38 bits per heavy atom. The zero-order chi connectivity index (χ0) is 9.68. The SMILES string of the molecule is CC(CN)CCN(C)C1CCOC1. The monoisotopic (exact) mass is 186 g/mol. The Morgan fingerprint density at radius 1 is 1.62 bits per heavy atom. The minimum absolute atomic E-state index is 0.643. The molecule has 0 aromatic rings. The minimum atomic E-state index is 0.643. The molecule has 0 amide bonds. The molecule has 0 aromatic carbocycles. The smallest absolute Gasteiger partial charge is 0.0622 e. The fourth-order valence-electron chi connectivity index (χ4n) is 1.59. The van der Waals surface area contributed by atoms with Crippen LogP contribution in [0.15, 0.2) is 0 Å². The fourth-order valence-corrected chi connectivity index (χ4v) is 1.59. The van der Waals surface area contributed by atoms with Gasteiger partial charge in [0.25, 0.3) is 0 Å². The van der Waals surface area contributed by atoms with Crippen molar-refractivity contribution in [1.29, 1.82) is 0 Å². The Hall–Kier alpha value is -0.120. The highest BCUT2D eigenvalue weighted by molar-refractivity contribution is 4.73. The van der Waals surface area contributed by atoms with Gasteiger partial charge in [0.05, 0.1) is 6.61 Å². The number of nitrogens with two attached hydrogens (primary N) is 1. The van der Waals surface area contributed by atoms with Gasteiger partial charge >= 0.3 is 0 Å². The predicted molar refractivity (Wildman–Crippen MR) is 54.7 cm³/mol. The fraction of sp³-hybridized carbons (Fsp3) is 1.00. The molecule has 3 nitrogen and oxygen atoms in total. The molecule has 0 radical (unpaired) electrons. The summed E-state index contributed by atoms with van der Waals surface area (Å²) in [5.74, 6) is 0.643. The minimum Gasteiger partial charge on any atom is -0.380 e. The van der Waals surface area contributed by atoms with Gasteiger partial charge in [0.1, 0.15) is 0 Å². The van der Waals surface area contributed by atoms with Crippen molar-refractivity contribution in [3.05, 3.63) is 0 Å². The number of nitrogens with zero attached hydrogens (tertiary/aromatic N) is 1. The molecule has 1 aliphatic heterocycles. The first-order valence-corrected chi connectivity index (χ1v) is 5.22. The first-order chi connectivity index (χ1) is 6.24. The summed E-state index contributed by atoms with van der Waals surface area (Å²) in [7, 11) is 2.18. The van der Waals surface area contributed by atoms with Gasteiger partial charge in [0.15, 0.2) is 0 Å².